The number of likely N-dealkylation sites (tertiary alicyclic amines) is 1. The van der Waals surface area contributed by atoms with E-state index in [-0.39, 0.29) is 16.7 Å². The third-order valence-electron chi connectivity index (χ3n) is 6.30. The molecular formula is C27H33FN2O3. The van der Waals surface area contributed by atoms with Gasteiger partial charge in [0.15, 0.2) is 0 Å². The monoisotopic (exact) mass is 452 g/mol. The maximum atomic E-state index is 13.4. The fourth-order valence-electron chi connectivity index (χ4n) is 4.17. The molecule has 1 saturated heterocycles. The van der Waals surface area contributed by atoms with Crippen molar-refractivity contribution in [3.8, 4) is 0 Å². The molecule has 0 bridgehead atoms. The zero-order valence-corrected chi connectivity index (χ0v) is 20.1. The van der Waals surface area contributed by atoms with Crippen LogP contribution in [0, 0.1) is 5.82 Å². The van der Waals surface area contributed by atoms with Crippen LogP contribution in [-0.4, -0.2) is 52.8 Å². The summed E-state index contributed by atoms with van der Waals surface area (Å²) in [6, 6.07) is 12.4. The molecule has 1 aliphatic rings. The quantitative estimate of drug-likeness (QED) is 0.369. The van der Waals surface area contributed by atoms with E-state index >= 15 is 0 Å². The Kier molecular flexibility index (Phi) is 7.38. The highest BCUT2D eigenvalue weighted by atomic mass is 19.1. The van der Waals surface area contributed by atoms with E-state index in [1.807, 2.05) is 24.3 Å². The molecule has 1 atom stereocenters. The van der Waals surface area contributed by atoms with Gasteiger partial charge in [-0.1, -0.05) is 58.9 Å². The number of rotatable bonds is 7. The van der Waals surface area contributed by atoms with Crippen LogP contribution in [0.15, 0.2) is 54.1 Å². The average Bonchev–Trinajstić information content (AvgIpc) is 3.04. The minimum absolute atomic E-state index is 0.0367. The van der Waals surface area contributed by atoms with Crippen molar-refractivity contribution >= 4 is 17.4 Å². The molecule has 0 aliphatic carbocycles. The third kappa shape index (κ3) is 5.17. The number of halogens is 1. The van der Waals surface area contributed by atoms with Gasteiger partial charge in [0.25, 0.3) is 11.7 Å². The number of likely N-dealkylation sites (N-methyl/N-ethyl adjacent to an activating group) is 1. The lowest BCUT2D eigenvalue weighted by Crippen LogP contribution is -2.38. The molecule has 1 aliphatic heterocycles. The van der Waals surface area contributed by atoms with Crippen LogP contribution in [0.2, 0.25) is 0 Å². The average molecular weight is 453 g/mol. The van der Waals surface area contributed by atoms with E-state index in [0.717, 1.165) is 24.2 Å². The smallest absolute Gasteiger partial charge is 0.295 e. The Labute approximate surface area is 195 Å². The zero-order chi connectivity index (χ0) is 24.3. The van der Waals surface area contributed by atoms with Crippen LogP contribution in [-0.2, 0) is 15.0 Å². The minimum atomic E-state index is -0.721. The van der Waals surface area contributed by atoms with Gasteiger partial charge in [-0.05, 0) is 53.9 Å². The molecule has 176 valence electrons. The van der Waals surface area contributed by atoms with Crippen LogP contribution in [0.5, 0.6) is 0 Å². The highest BCUT2D eigenvalue weighted by molar-refractivity contribution is 6.46. The normalized spacial score (nSPS) is 18.4. The summed E-state index contributed by atoms with van der Waals surface area (Å²) in [7, 11) is 0. The number of Topliss-reactive ketones (excluding diaryl/α,β-unsaturated/α-hetero) is 1. The topological polar surface area (TPSA) is 60.9 Å². The second-order valence-electron chi connectivity index (χ2n) is 9.40. The first kappa shape index (κ1) is 24.6. The predicted octanol–water partition coefficient (Wildman–Crippen LogP) is 4.89. The summed E-state index contributed by atoms with van der Waals surface area (Å²) in [4.78, 5) is 29.9. The van der Waals surface area contributed by atoms with E-state index in [0.29, 0.717) is 18.7 Å². The van der Waals surface area contributed by atoms with Crippen molar-refractivity contribution in [2.24, 2.45) is 0 Å². The standard InChI is InChI=1S/C27H33FN2O3/c1-6-29(7-2)16-17-30-23(18-8-12-20(13-9-18)27(3,4)5)22(25(32)26(30)33)24(31)19-10-14-21(28)15-11-19/h8-15,23,31H,6-7,16-17H2,1-5H3/t23-/m1/s1. The second kappa shape index (κ2) is 9.87. The van der Waals surface area contributed by atoms with E-state index in [2.05, 4.69) is 39.5 Å². The third-order valence-corrected chi connectivity index (χ3v) is 6.30. The Morgan fingerprint density at radius 3 is 2.09 bits per heavy atom. The van der Waals surface area contributed by atoms with E-state index in [9.17, 15) is 19.1 Å². The summed E-state index contributed by atoms with van der Waals surface area (Å²) < 4.78 is 13.4. The van der Waals surface area contributed by atoms with Crippen LogP contribution < -0.4 is 0 Å². The summed E-state index contributed by atoms with van der Waals surface area (Å²) in [5, 5.41) is 11.0. The SMILES string of the molecule is CCN(CC)CCN1C(=O)C(=O)C(=C(O)c2ccc(F)cc2)[C@H]1c1ccc(C(C)(C)C)cc1. The van der Waals surface area contributed by atoms with Crippen molar-refractivity contribution in [1.29, 1.82) is 0 Å². The molecule has 33 heavy (non-hydrogen) atoms. The van der Waals surface area contributed by atoms with Crippen LogP contribution in [0.4, 0.5) is 4.39 Å². The minimum Gasteiger partial charge on any atom is -0.507 e. The van der Waals surface area contributed by atoms with E-state index in [1.165, 1.54) is 24.3 Å². The van der Waals surface area contributed by atoms with Crippen molar-refractivity contribution in [2.75, 3.05) is 26.2 Å². The van der Waals surface area contributed by atoms with Crippen molar-refractivity contribution in [3.63, 3.8) is 0 Å². The molecule has 0 radical (unpaired) electrons. The molecule has 1 fully saturated rings. The Morgan fingerprint density at radius 1 is 1.00 bits per heavy atom. The number of amides is 1. The lowest BCUT2D eigenvalue weighted by molar-refractivity contribution is -0.140. The summed E-state index contributed by atoms with van der Waals surface area (Å²) in [5.41, 5.74) is 2.18. The van der Waals surface area contributed by atoms with Gasteiger partial charge in [0.2, 0.25) is 0 Å². The van der Waals surface area contributed by atoms with Gasteiger partial charge in [0, 0.05) is 18.7 Å². The number of ketones is 1. The number of aliphatic hydroxyl groups excluding tert-OH is 1. The Hall–Kier alpha value is -2.99. The summed E-state index contributed by atoms with van der Waals surface area (Å²) in [5.74, 6) is -2.08. The lowest BCUT2D eigenvalue weighted by Gasteiger charge is -2.28. The van der Waals surface area contributed by atoms with E-state index < -0.39 is 23.5 Å². The number of hydrogen-bond acceptors (Lipinski definition) is 4. The van der Waals surface area contributed by atoms with Crippen LogP contribution in [0.25, 0.3) is 5.76 Å². The largest absolute Gasteiger partial charge is 0.507 e. The number of aliphatic hydroxyl groups is 1. The number of hydrogen-bond donors (Lipinski definition) is 1. The van der Waals surface area contributed by atoms with Crippen molar-refractivity contribution in [3.05, 3.63) is 76.6 Å². The number of nitrogens with zero attached hydrogens (tertiary/aromatic N) is 2. The van der Waals surface area contributed by atoms with Gasteiger partial charge in [0.05, 0.1) is 11.6 Å². The highest BCUT2D eigenvalue weighted by Crippen LogP contribution is 2.39. The Bertz CT molecular complexity index is 1030. The zero-order valence-electron chi connectivity index (χ0n) is 20.1. The fourth-order valence-corrected chi connectivity index (χ4v) is 4.17. The summed E-state index contributed by atoms with van der Waals surface area (Å²) in [6.45, 7) is 13.1. The Balaban J connectivity index is 2.10. The van der Waals surface area contributed by atoms with Crippen molar-refractivity contribution in [1.82, 2.24) is 9.80 Å². The molecule has 5 nitrogen and oxygen atoms in total. The van der Waals surface area contributed by atoms with Gasteiger partial charge in [-0.25, -0.2) is 4.39 Å². The van der Waals surface area contributed by atoms with Crippen LogP contribution >= 0.6 is 0 Å². The maximum absolute atomic E-state index is 13.4. The van der Waals surface area contributed by atoms with Crippen molar-refractivity contribution in [2.45, 2.75) is 46.1 Å². The van der Waals surface area contributed by atoms with Crippen LogP contribution in [0.1, 0.15) is 57.4 Å². The molecule has 0 aromatic heterocycles. The number of benzene rings is 2. The molecule has 2 aromatic carbocycles. The molecule has 0 unspecified atom stereocenters. The molecule has 6 heteroatoms. The summed E-state index contributed by atoms with van der Waals surface area (Å²) >= 11 is 0. The van der Waals surface area contributed by atoms with Gasteiger partial charge in [0.1, 0.15) is 11.6 Å². The van der Waals surface area contributed by atoms with Gasteiger partial charge in [-0.3, -0.25) is 9.59 Å². The molecule has 3 rings (SSSR count). The first-order valence-corrected chi connectivity index (χ1v) is 11.5. The first-order valence-electron chi connectivity index (χ1n) is 11.5. The molecule has 2 aromatic rings. The molecular weight excluding hydrogens is 419 g/mol. The summed E-state index contributed by atoms with van der Waals surface area (Å²) in [6.07, 6.45) is 0. The lowest BCUT2D eigenvalue weighted by atomic mass is 9.85. The van der Waals surface area contributed by atoms with Gasteiger partial charge >= 0.3 is 0 Å². The highest BCUT2D eigenvalue weighted by Gasteiger charge is 2.46. The van der Waals surface area contributed by atoms with Crippen molar-refractivity contribution < 1.29 is 19.1 Å². The van der Waals surface area contributed by atoms with Crippen LogP contribution in [0.3, 0.4) is 0 Å². The Morgan fingerprint density at radius 2 is 1.58 bits per heavy atom. The molecule has 1 heterocycles. The predicted molar refractivity (Wildman–Crippen MR) is 128 cm³/mol. The molecule has 0 saturated carbocycles. The molecule has 0 spiro atoms. The number of carbonyl (C=O) groups is 2. The fraction of sp³-hybridized carbons (Fsp3) is 0.407. The van der Waals surface area contributed by atoms with Gasteiger partial charge in [-0.15, -0.1) is 0 Å². The van der Waals surface area contributed by atoms with Gasteiger partial charge in [-0.2, -0.15) is 0 Å². The van der Waals surface area contributed by atoms with E-state index in [4.69, 9.17) is 0 Å². The maximum Gasteiger partial charge on any atom is 0.295 e. The number of carbonyl (C=O) groups excluding carboxylic acids is 2. The van der Waals surface area contributed by atoms with Gasteiger partial charge < -0.3 is 14.9 Å². The second-order valence-corrected chi connectivity index (χ2v) is 9.40. The first-order chi connectivity index (χ1) is 15.6. The molecule has 1 amide bonds. The van der Waals surface area contributed by atoms with E-state index in [1.54, 1.807) is 4.90 Å². The molecule has 1 N–H and O–H groups in total.